The first kappa shape index (κ1) is 10.2. The molecule has 1 aromatic heterocycles. The summed E-state index contributed by atoms with van der Waals surface area (Å²) in [5.74, 6) is 0. The predicted molar refractivity (Wildman–Crippen MR) is 62.8 cm³/mol. The van der Waals surface area contributed by atoms with Gasteiger partial charge >= 0.3 is 0 Å². The quantitative estimate of drug-likeness (QED) is 0.747. The maximum Gasteiger partial charge on any atom is 0.0720 e. The second kappa shape index (κ2) is 4.07. The molecule has 0 N–H and O–H groups in total. The van der Waals surface area contributed by atoms with E-state index in [-0.39, 0.29) is 6.10 Å². The van der Waals surface area contributed by atoms with Crippen LogP contribution in [0.25, 0.3) is 10.9 Å². The molecule has 2 heteroatoms. The van der Waals surface area contributed by atoms with E-state index in [4.69, 9.17) is 4.74 Å². The van der Waals surface area contributed by atoms with Gasteiger partial charge in [-0.25, -0.2) is 0 Å². The molecule has 0 spiro atoms. The molecule has 0 radical (unpaired) electrons. The molecule has 1 heterocycles. The van der Waals surface area contributed by atoms with Crippen molar-refractivity contribution in [2.75, 3.05) is 0 Å². The van der Waals surface area contributed by atoms with E-state index in [1.165, 1.54) is 16.5 Å². The third-order valence-corrected chi connectivity index (χ3v) is 2.53. The average molecular weight is 203 g/mol. The SMILES string of the molecule is CC(C)OCc1ccc2c(ccn2C)c1. The molecule has 1 aromatic carbocycles. The molecule has 2 aromatic rings. The van der Waals surface area contributed by atoms with E-state index >= 15 is 0 Å². The van der Waals surface area contributed by atoms with E-state index in [2.05, 4.69) is 55.9 Å². The molecule has 0 aliphatic rings. The van der Waals surface area contributed by atoms with Crippen LogP contribution in [0.4, 0.5) is 0 Å². The molecule has 0 atom stereocenters. The Morgan fingerprint density at radius 1 is 1.27 bits per heavy atom. The van der Waals surface area contributed by atoms with Crippen molar-refractivity contribution in [1.82, 2.24) is 4.57 Å². The van der Waals surface area contributed by atoms with Crippen LogP contribution in [0.5, 0.6) is 0 Å². The Labute approximate surface area is 90.5 Å². The largest absolute Gasteiger partial charge is 0.374 e. The Morgan fingerprint density at radius 3 is 2.80 bits per heavy atom. The van der Waals surface area contributed by atoms with E-state index in [9.17, 15) is 0 Å². The number of nitrogens with zero attached hydrogens (tertiary/aromatic N) is 1. The fourth-order valence-electron chi connectivity index (χ4n) is 1.68. The number of hydrogen-bond donors (Lipinski definition) is 0. The summed E-state index contributed by atoms with van der Waals surface area (Å²) >= 11 is 0. The molecule has 80 valence electrons. The summed E-state index contributed by atoms with van der Waals surface area (Å²) in [7, 11) is 2.06. The summed E-state index contributed by atoms with van der Waals surface area (Å²) in [6.45, 7) is 4.81. The van der Waals surface area contributed by atoms with Crippen LogP contribution in [0, 0.1) is 0 Å². The molecule has 0 aliphatic carbocycles. The van der Waals surface area contributed by atoms with Crippen molar-refractivity contribution in [3.8, 4) is 0 Å². The fraction of sp³-hybridized carbons (Fsp3) is 0.385. The van der Waals surface area contributed by atoms with Crippen LogP contribution in [0.3, 0.4) is 0 Å². The zero-order chi connectivity index (χ0) is 10.8. The van der Waals surface area contributed by atoms with Crippen LogP contribution in [0.1, 0.15) is 19.4 Å². The highest BCUT2D eigenvalue weighted by Gasteiger charge is 2.00. The van der Waals surface area contributed by atoms with E-state index in [0.717, 1.165) is 0 Å². The lowest BCUT2D eigenvalue weighted by Crippen LogP contribution is -2.01. The Balaban J connectivity index is 2.23. The molecule has 2 rings (SSSR count). The Bertz CT molecular complexity index is 457. The summed E-state index contributed by atoms with van der Waals surface area (Å²) in [5, 5.41) is 1.28. The molecule has 0 saturated carbocycles. The molecule has 0 amide bonds. The number of aryl methyl sites for hydroxylation is 1. The Morgan fingerprint density at radius 2 is 2.07 bits per heavy atom. The van der Waals surface area contributed by atoms with Crippen LogP contribution in [-0.2, 0) is 18.4 Å². The van der Waals surface area contributed by atoms with Gasteiger partial charge in [0.1, 0.15) is 0 Å². The van der Waals surface area contributed by atoms with Crippen molar-refractivity contribution in [1.29, 1.82) is 0 Å². The van der Waals surface area contributed by atoms with Crippen LogP contribution in [0.2, 0.25) is 0 Å². The first-order chi connectivity index (χ1) is 7.16. The smallest absolute Gasteiger partial charge is 0.0720 e. The van der Waals surface area contributed by atoms with E-state index < -0.39 is 0 Å². The fourth-order valence-corrected chi connectivity index (χ4v) is 1.68. The van der Waals surface area contributed by atoms with E-state index in [1.807, 2.05) is 0 Å². The minimum absolute atomic E-state index is 0.288. The van der Waals surface area contributed by atoms with Gasteiger partial charge in [0.25, 0.3) is 0 Å². The summed E-state index contributed by atoms with van der Waals surface area (Å²) in [6.07, 6.45) is 2.37. The number of rotatable bonds is 3. The summed E-state index contributed by atoms with van der Waals surface area (Å²) in [6, 6.07) is 8.60. The maximum absolute atomic E-state index is 5.58. The third kappa shape index (κ3) is 2.21. The van der Waals surface area contributed by atoms with Crippen molar-refractivity contribution in [2.24, 2.45) is 7.05 Å². The van der Waals surface area contributed by atoms with Gasteiger partial charge < -0.3 is 9.30 Å². The van der Waals surface area contributed by atoms with Crippen LogP contribution in [0.15, 0.2) is 30.5 Å². The highest BCUT2D eigenvalue weighted by atomic mass is 16.5. The van der Waals surface area contributed by atoms with Gasteiger partial charge in [0.2, 0.25) is 0 Å². The second-order valence-electron chi connectivity index (χ2n) is 4.18. The molecular weight excluding hydrogens is 186 g/mol. The minimum Gasteiger partial charge on any atom is -0.374 e. The van der Waals surface area contributed by atoms with Gasteiger partial charge in [0.05, 0.1) is 12.7 Å². The predicted octanol–water partition coefficient (Wildman–Crippen LogP) is 3.10. The monoisotopic (exact) mass is 203 g/mol. The second-order valence-corrected chi connectivity index (χ2v) is 4.18. The number of hydrogen-bond acceptors (Lipinski definition) is 1. The third-order valence-electron chi connectivity index (χ3n) is 2.53. The van der Waals surface area contributed by atoms with Gasteiger partial charge in [-0.2, -0.15) is 0 Å². The zero-order valence-corrected chi connectivity index (χ0v) is 9.53. The van der Waals surface area contributed by atoms with Crippen molar-refractivity contribution < 1.29 is 4.74 Å². The summed E-state index contributed by atoms with van der Waals surface area (Å²) in [5.41, 5.74) is 2.51. The van der Waals surface area contributed by atoms with Crippen molar-refractivity contribution >= 4 is 10.9 Å². The Kier molecular flexibility index (Phi) is 2.78. The first-order valence-corrected chi connectivity index (χ1v) is 5.32. The number of benzene rings is 1. The van der Waals surface area contributed by atoms with Crippen molar-refractivity contribution in [2.45, 2.75) is 26.6 Å². The summed E-state index contributed by atoms with van der Waals surface area (Å²) in [4.78, 5) is 0. The highest BCUT2D eigenvalue weighted by Crippen LogP contribution is 2.17. The number of aromatic nitrogens is 1. The molecular formula is C13H17NO. The zero-order valence-electron chi connectivity index (χ0n) is 9.53. The topological polar surface area (TPSA) is 14.2 Å². The van der Waals surface area contributed by atoms with Gasteiger partial charge in [-0.1, -0.05) is 6.07 Å². The van der Waals surface area contributed by atoms with Crippen molar-refractivity contribution in [3.63, 3.8) is 0 Å². The number of fused-ring (bicyclic) bond motifs is 1. The number of ether oxygens (including phenoxy) is 1. The molecule has 0 unspecified atom stereocenters. The van der Waals surface area contributed by atoms with Gasteiger partial charge in [-0.3, -0.25) is 0 Å². The first-order valence-electron chi connectivity index (χ1n) is 5.32. The van der Waals surface area contributed by atoms with Crippen LogP contribution < -0.4 is 0 Å². The molecule has 0 bridgehead atoms. The van der Waals surface area contributed by atoms with E-state index in [0.29, 0.717) is 6.61 Å². The normalized spacial score (nSPS) is 11.5. The van der Waals surface area contributed by atoms with E-state index in [1.54, 1.807) is 0 Å². The highest BCUT2D eigenvalue weighted by molar-refractivity contribution is 5.80. The van der Waals surface area contributed by atoms with Crippen LogP contribution >= 0.6 is 0 Å². The molecule has 15 heavy (non-hydrogen) atoms. The van der Waals surface area contributed by atoms with Gasteiger partial charge in [-0.15, -0.1) is 0 Å². The lowest BCUT2D eigenvalue weighted by Gasteiger charge is -2.07. The molecule has 0 aliphatic heterocycles. The molecule has 0 fully saturated rings. The summed E-state index contributed by atoms with van der Waals surface area (Å²) < 4.78 is 7.70. The standard InChI is InChI=1S/C13H17NO/c1-10(2)15-9-11-4-5-13-12(8-11)6-7-14(13)3/h4-8,10H,9H2,1-3H3. The Hall–Kier alpha value is -1.28. The molecule has 0 saturated heterocycles. The minimum atomic E-state index is 0.288. The lowest BCUT2D eigenvalue weighted by atomic mass is 10.2. The lowest BCUT2D eigenvalue weighted by molar-refractivity contribution is 0.0658. The molecule has 2 nitrogen and oxygen atoms in total. The van der Waals surface area contributed by atoms with Crippen LogP contribution in [-0.4, -0.2) is 10.7 Å². The van der Waals surface area contributed by atoms with Crippen molar-refractivity contribution in [3.05, 3.63) is 36.0 Å². The average Bonchev–Trinajstić information content (AvgIpc) is 2.57. The van der Waals surface area contributed by atoms with Gasteiger partial charge in [-0.05, 0) is 43.0 Å². The maximum atomic E-state index is 5.58. The van der Waals surface area contributed by atoms with Gasteiger partial charge in [0, 0.05) is 18.8 Å². The van der Waals surface area contributed by atoms with Gasteiger partial charge in [0.15, 0.2) is 0 Å².